The minimum Gasteiger partial charge on any atom is -0.354 e. The molecule has 0 unspecified atom stereocenters. The fourth-order valence-electron chi connectivity index (χ4n) is 3.60. The summed E-state index contributed by atoms with van der Waals surface area (Å²) in [4.78, 5) is 30.3. The summed E-state index contributed by atoms with van der Waals surface area (Å²) in [5.74, 6) is 0.641. The van der Waals surface area contributed by atoms with E-state index in [0.29, 0.717) is 27.8 Å². The van der Waals surface area contributed by atoms with E-state index in [1.54, 1.807) is 36.5 Å². The third-order valence-electron chi connectivity index (χ3n) is 5.54. The first-order valence-corrected chi connectivity index (χ1v) is 11.5. The number of amides is 1. The molecule has 0 radical (unpaired) electrons. The van der Waals surface area contributed by atoms with Crippen molar-refractivity contribution in [3.63, 3.8) is 0 Å². The first-order chi connectivity index (χ1) is 16.8. The predicted molar refractivity (Wildman–Crippen MR) is 125 cm³/mol. The molecule has 4 aromatic rings. The van der Waals surface area contributed by atoms with Crippen LogP contribution < -0.4 is 10.2 Å². The number of hydrogen-bond acceptors (Lipinski definition) is 9. The third-order valence-corrected chi connectivity index (χ3v) is 6.53. The number of likely N-dealkylation sites (N-methyl/N-ethyl adjacent to an activating group) is 1. The molecule has 1 amide bonds. The van der Waals surface area contributed by atoms with Gasteiger partial charge in [0.2, 0.25) is 5.01 Å². The summed E-state index contributed by atoms with van der Waals surface area (Å²) in [7, 11) is 2.07. The van der Waals surface area contributed by atoms with E-state index in [2.05, 4.69) is 47.3 Å². The predicted octanol–water partition coefficient (Wildman–Crippen LogP) is 3.57. The molecule has 180 valence electrons. The van der Waals surface area contributed by atoms with Crippen LogP contribution in [0.2, 0.25) is 0 Å². The number of fused-ring (bicyclic) bond motifs is 1. The number of rotatable bonds is 4. The molecule has 0 atom stereocenters. The van der Waals surface area contributed by atoms with Crippen LogP contribution in [0.25, 0.3) is 21.6 Å². The highest BCUT2D eigenvalue weighted by atomic mass is 32.1. The maximum absolute atomic E-state index is 12.9. The van der Waals surface area contributed by atoms with Crippen LogP contribution in [0.3, 0.4) is 0 Å². The quantitative estimate of drug-likeness (QED) is 0.454. The van der Waals surface area contributed by atoms with Gasteiger partial charge in [0.15, 0.2) is 5.01 Å². The third kappa shape index (κ3) is 5.05. The molecule has 13 heteroatoms. The van der Waals surface area contributed by atoms with Crippen molar-refractivity contribution in [2.24, 2.45) is 0 Å². The van der Waals surface area contributed by atoms with Gasteiger partial charge < -0.3 is 15.1 Å². The second-order valence-corrected chi connectivity index (χ2v) is 8.99. The number of alkyl halides is 3. The Bertz CT molecular complexity index is 1380. The van der Waals surface area contributed by atoms with Crippen LogP contribution in [-0.2, 0) is 6.18 Å². The number of nitrogens with one attached hydrogen (secondary N) is 1. The summed E-state index contributed by atoms with van der Waals surface area (Å²) in [5.41, 5.74) is 1.13. The van der Waals surface area contributed by atoms with Crippen molar-refractivity contribution < 1.29 is 18.0 Å². The van der Waals surface area contributed by atoms with Crippen LogP contribution >= 0.6 is 11.3 Å². The lowest BCUT2D eigenvalue weighted by atomic mass is 10.2. The van der Waals surface area contributed by atoms with Crippen LogP contribution in [0.15, 0.2) is 42.7 Å². The van der Waals surface area contributed by atoms with Gasteiger partial charge in [-0.15, -0.1) is 10.2 Å². The molecule has 1 aliphatic rings. The number of pyridine rings is 3. The van der Waals surface area contributed by atoms with Crippen molar-refractivity contribution in [1.82, 2.24) is 30.0 Å². The van der Waals surface area contributed by atoms with E-state index in [9.17, 15) is 18.0 Å². The minimum atomic E-state index is -4.56. The largest absolute Gasteiger partial charge is 0.445 e. The Morgan fingerprint density at radius 3 is 2.60 bits per heavy atom. The van der Waals surface area contributed by atoms with E-state index >= 15 is 0 Å². The average Bonchev–Trinajstić information content (AvgIpc) is 3.35. The molecular weight excluding hydrogens is 481 g/mol. The zero-order valence-electron chi connectivity index (χ0n) is 18.5. The number of piperazine rings is 1. The fourth-order valence-corrected chi connectivity index (χ4v) is 4.28. The molecule has 1 fully saturated rings. The Morgan fingerprint density at radius 2 is 1.86 bits per heavy atom. The van der Waals surface area contributed by atoms with Crippen molar-refractivity contribution in [2.45, 2.75) is 6.18 Å². The molecule has 35 heavy (non-hydrogen) atoms. The highest BCUT2D eigenvalue weighted by Gasteiger charge is 2.35. The zero-order chi connectivity index (χ0) is 24.6. The summed E-state index contributed by atoms with van der Waals surface area (Å²) < 4.78 is 38.6. The SMILES string of the molecule is CN1CCN(c2cc(C(=O)Nc3cc4nc(-c5nnc(C(F)(F)F)s5)ccc4cn3)ccn2)CC1. The Balaban J connectivity index is 1.35. The topological polar surface area (TPSA) is 100 Å². The van der Waals surface area contributed by atoms with Crippen LogP contribution in [0, 0.1) is 0 Å². The molecule has 1 N–H and O–H groups in total. The lowest BCUT2D eigenvalue weighted by Crippen LogP contribution is -2.44. The number of carbonyl (C=O) groups is 1. The van der Waals surface area contributed by atoms with Gasteiger partial charge in [0.25, 0.3) is 5.91 Å². The van der Waals surface area contributed by atoms with E-state index in [4.69, 9.17) is 0 Å². The second kappa shape index (κ2) is 9.15. The maximum atomic E-state index is 12.9. The van der Waals surface area contributed by atoms with Crippen molar-refractivity contribution in [1.29, 1.82) is 0 Å². The summed E-state index contributed by atoms with van der Waals surface area (Å²) in [5, 5.41) is 9.24. The van der Waals surface area contributed by atoms with Crippen molar-refractivity contribution in [3.8, 4) is 10.7 Å². The highest BCUT2D eigenvalue weighted by Crippen LogP contribution is 2.34. The number of carbonyl (C=O) groups excluding carboxylic acids is 1. The van der Waals surface area contributed by atoms with E-state index in [-0.39, 0.29) is 22.4 Å². The minimum absolute atomic E-state index is 0.0508. The van der Waals surface area contributed by atoms with Gasteiger partial charge in [0.1, 0.15) is 17.3 Å². The molecule has 9 nitrogen and oxygen atoms in total. The van der Waals surface area contributed by atoms with Crippen LogP contribution in [0.1, 0.15) is 15.4 Å². The summed E-state index contributed by atoms with van der Waals surface area (Å²) in [6.45, 7) is 3.49. The van der Waals surface area contributed by atoms with Gasteiger partial charge in [-0.25, -0.2) is 15.0 Å². The normalized spacial score (nSPS) is 14.9. The van der Waals surface area contributed by atoms with Crippen LogP contribution in [0.5, 0.6) is 0 Å². The number of halogens is 3. The van der Waals surface area contributed by atoms with E-state index in [1.807, 2.05) is 0 Å². The fraction of sp³-hybridized carbons (Fsp3) is 0.273. The number of aromatic nitrogens is 5. The van der Waals surface area contributed by atoms with E-state index in [1.165, 1.54) is 6.20 Å². The first kappa shape index (κ1) is 23.1. The first-order valence-electron chi connectivity index (χ1n) is 10.6. The summed E-state index contributed by atoms with van der Waals surface area (Å²) in [6, 6.07) is 8.16. The molecule has 1 aliphatic heterocycles. The van der Waals surface area contributed by atoms with E-state index in [0.717, 1.165) is 32.0 Å². The van der Waals surface area contributed by atoms with Gasteiger partial charge in [-0.3, -0.25) is 4.79 Å². The van der Waals surface area contributed by atoms with Gasteiger partial charge in [0.05, 0.1) is 5.52 Å². The maximum Gasteiger partial charge on any atom is 0.445 e. The molecule has 0 aliphatic carbocycles. The van der Waals surface area contributed by atoms with Crippen LogP contribution in [0.4, 0.5) is 24.8 Å². The van der Waals surface area contributed by atoms with Crippen molar-refractivity contribution >= 4 is 39.8 Å². The Hall–Kier alpha value is -3.71. The Labute approximate surface area is 201 Å². The second-order valence-electron chi connectivity index (χ2n) is 8.02. The van der Waals surface area contributed by atoms with Gasteiger partial charge in [-0.2, -0.15) is 13.2 Å². The number of nitrogens with zero attached hydrogens (tertiary/aromatic N) is 7. The molecule has 0 bridgehead atoms. The lowest BCUT2D eigenvalue weighted by Gasteiger charge is -2.33. The van der Waals surface area contributed by atoms with Gasteiger partial charge in [-0.1, -0.05) is 11.3 Å². The monoisotopic (exact) mass is 500 g/mol. The summed E-state index contributed by atoms with van der Waals surface area (Å²) >= 11 is 0.419. The molecular formula is C22H19F3N8OS. The zero-order valence-corrected chi connectivity index (χ0v) is 19.3. The molecule has 1 saturated heterocycles. The standard InChI is InChI=1S/C22H19F3N8OS/c1-32-6-8-33(9-7-32)18-10-13(4-5-26-18)19(34)29-17-11-16-14(12-27-17)2-3-15(28-16)20-30-31-21(35-20)22(23,24)25/h2-5,10-12H,6-9H2,1H3,(H,27,29,34). The molecule has 0 aromatic carbocycles. The lowest BCUT2D eigenvalue weighted by molar-refractivity contribution is -0.138. The van der Waals surface area contributed by atoms with E-state index < -0.39 is 11.2 Å². The number of anilines is 2. The van der Waals surface area contributed by atoms with Gasteiger partial charge >= 0.3 is 6.18 Å². The smallest absolute Gasteiger partial charge is 0.354 e. The molecule has 4 aromatic heterocycles. The molecule has 5 rings (SSSR count). The average molecular weight is 501 g/mol. The summed E-state index contributed by atoms with van der Waals surface area (Å²) in [6.07, 6.45) is -1.43. The Morgan fingerprint density at radius 1 is 1.06 bits per heavy atom. The molecule has 0 saturated carbocycles. The molecule has 0 spiro atoms. The number of hydrogen-bond donors (Lipinski definition) is 1. The van der Waals surface area contributed by atoms with Crippen molar-refractivity contribution in [3.05, 3.63) is 53.3 Å². The van der Waals surface area contributed by atoms with Crippen molar-refractivity contribution in [2.75, 3.05) is 43.4 Å². The van der Waals surface area contributed by atoms with Gasteiger partial charge in [0, 0.05) is 55.6 Å². The molecule has 5 heterocycles. The van der Waals surface area contributed by atoms with Gasteiger partial charge in [-0.05, 0) is 31.3 Å². The van der Waals surface area contributed by atoms with Crippen LogP contribution in [-0.4, -0.2) is 69.2 Å². The highest BCUT2D eigenvalue weighted by molar-refractivity contribution is 7.14. The Kier molecular flexibility index (Phi) is 6.03.